The number of methoxy groups -OCH3 is 3. The molecule has 1 unspecified atom stereocenters. The van der Waals surface area contributed by atoms with Crippen molar-refractivity contribution >= 4 is 29.1 Å². The van der Waals surface area contributed by atoms with Gasteiger partial charge in [0.25, 0.3) is 11.7 Å². The molecule has 1 fully saturated rings. The van der Waals surface area contributed by atoms with E-state index in [2.05, 4.69) is 20.8 Å². The number of rotatable bonds is 8. The Morgan fingerprint density at radius 2 is 1.66 bits per heavy atom. The third kappa shape index (κ3) is 5.31. The largest absolute Gasteiger partial charge is 0.507 e. The normalized spacial score (nSPS) is 17.7. The van der Waals surface area contributed by atoms with E-state index in [1.54, 1.807) is 7.11 Å². The SMILES string of the molecule is COCCCN1C(=O)C(=O)/C(=C(/O)c2cc(Cl)c(OC)cc2OC)C1c1ccc(C(C)(C)C)cc1. The number of nitrogens with zero attached hydrogens (tertiary/aromatic N) is 1. The molecule has 1 N–H and O–H groups in total. The van der Waals surface area contributed by atoms with Crippen molar-refractivity contribution in [2.45, 2.75) is 38.6 Å². The van der Waals surface area contributed by atoms with E-state index >= 15 is 0 Å². The van der Waals surface area contributed by atoms with Gasteiger partial charge in [-0.1, -0.05) is 56.6 Å². The summed E-state index contributed by atoms with van der Waals surface area (Å²) in [4.78, 5) is 27.8. The number of ether oxygens (including phenoxy) is 3. The van der Waals surface area contributed by atoms with Crippen molar-refractivity contribution in [2.24, 2.45) is 0 Å². The Hall–Kier alpha value is -3.03. The van der Waals surface area contributed by atoms with Crippen molar-refractivity contribution in [3.05, 3.63) is 63.7 Å². The number of aliphatic hydroxyl groups is 1. The Balaban J connectivity index is 2.20. The molecule has 0 aromatic heterocycles. The van der Waals surface area contributed by atoms with Crippen molar-refractivity contribution in [3.8, 4) is 11.5 Å². The number of aliphatic hydroxyl groups excluding tert-OH is 1. The molecule has 2 aromatic rings. The third-order valence-electron chi connectivity index (χ3n) is 6.11. The van der Waals surface area contributed by atoms with Gasteiger partial charge in [-0.2, -0.15) is 0 Å². The van der Waals surface area contributed by atoms with E-state index in [1.807, 2.05) is 24.3 Å². The Labute approximate surface area is 211 Å². The standard InChI is InChI=1S/C27H32ClNO6/c1-27(2,3)17-10-8-16(9-11-17)23-22(25(31)26(32)29(23)12-7-13-33-4)24(30)18-14-19(28)21(35-6)15-20(18)34-5/h8-11,14-15,23,30H,7,12-13H2,1-6H3/b24-22+. The van der Waals surface area contributed by atoms with Gasteiger partial charge in [0, 0.05) is 26.3 Å². The summed E-state index contributed by atoms with van der Waals surface area (Å²) >= 11 is 6.31. The zero-order chi connectivity index (χ0) is 25.9. The Bertz CT molecular complexity index is 1130. The lowest BCUT2D eigenvalue weighted by Gasteiger charge is -2.26. The number of hydrogen-bond donors (Lipinski definition) is 1. The smallest absolute Gasteiger partial charge is 0.295 e. The number of Topliss-reactive ketones (excluding diaryl/α,β-unsaturated/α-hetero) is 1. The topological polar surface area (TPSA) is 85.3 Å². The molecule has 1 atom stereocenters. The fourth-order valence-electron chi connectivity index (χ4n) is 4.19. The molecule has 188 valence electrons. The van der Waals surface area contributed by atoms with Gasteiger partial charge in [0.2, 0.25) is 0 Å². The summed E-state index contributed by atoms with van der Waals surface area (Å²) in [6, 6.07) is 9.97. The van der Waals surface area contributed by atoms with Crippen LogP contribution in [0, 0.1) is 0 Å². The van der Waals surface area contributed by atoms with Crippen molar-refractivity contribution < 1.29 is 28.9 Å². The molecule has 1 amide bonds. The predicted molar refractivity (Wildman–Crippen MR) is 135 cm³/mol. The second-order valence-corrected chi connectivity index (χ2v) is 9.81. The lowest BCUT2D eigenvalue weighted by molar-refractivity contribution is -0.140. The minimum atomic E-state index is -0.772. The number of halogens is 1. The highest BCUT2D eigenvalue weighted by Gasteiger charge is 2.46. The van der Waals surface area contributed by atoms with Crippen molar-refractivity contribution in [1.29, 1.82) is 0 Å². The van der Waals surface area contributed by atoms with Crippen LogP contribution in [0.2, 0.25) is 5.02 Å². The Kier molecular flexibility index (Phi) is 8.13. The van der Waals surface area contributed by atoms with Crippen molar-refractivity contribution in [3.63, 3.8) is 0 Å². The maximum atomic E-state index is 13.2. The van der Waals surface area contributed by atoms with Crippen LogP contribution in [0.15, 0.2) is 42.0 Å². The van der Waals surface area contributed by atoms with Crippen LogP contribution in [0.25, 0.3) is 5.76 Å². The predicted octanol–water partition coefficient (Wildman–Crippen LogP) is 5.11. The molecule has 1 heterocycles. The van der Waals surface area contributed by atoms with Gasteiger partial charge in [0.1, 0.15) is 17.3 Å². The van der Waals surface area contributed by atoms with E-state index in [0.717, 1.165) is 11.1 Å². The maximum absolute atomic E-state index is 13.2. The van der Waals surface area contributed by atoms with E-state index in [-0.39, 0.29) is 33.1 Å². The number of ketones is 1. The number of hydrogen-bond acceptors (Lipinski definition) is 6. The molecular formula is C27H32ClNO6. The van der Waals surface area contributed by atoms with E-state index < -0.39 is 17.7 Å². The van der Waals surface area contributed by atoms with Gasteiger partial charge in [0.15, 0.2) is 0 Å². The van der Waals surface area contributed by atoms with Crippen LogP contribution in [0.4, 0.5) is 0 Å². The first-order chi connectivity index (χ1) is 16.5. The highest BCUT2D eigenvalue weighted by atomic mass is 35.5. The summed E-state index contributed by atoms with van der Waals surface area (Å²) in [6.07, 6.45) is 0.540. The van der Waals surface area contributed by atoms with E-state index in [0.29, 0.717) is 25.3 Å². The lowest BCUT2D eigenvalue weighted by atomic mass is 9.85. The number of amides is 1. The average molecular weight is 502 g/mol. The van der Waals surface area contributed by atoms with Crippen LogP contribution in [-0.4, -0.2) is 56.2 Å². The summed E-state index contributed by atoms with van der Waals surface area (Å²) in [5.41, 5.74) is 1.95. The monoisotopic (exact) mass is 501 g/mol. The van der Waals surface area contributed by atoms with Crippen LogP contribution < -0.4 is 9.47 Å². The molecule has 35 heavy (non-hydrogen) atoms. The molecule has 1 aliphatic rings. The molecule has 0 aliphatic carbocycles. The highest BCUT2D eigenvalue weighted by molar-refractivity contribution is 6.46. The van der Waals surface area contributed by atoms with E-state index in [4.69, 9.17) is 25.8 Å². The Morgan fingerprint density at radius 1 is 1.03 bits per heavy atom. The molecule has 1 saturated heterocycles. The fraction of sp³-hybridized carbons (Fsp3) is 0.407. The summed E-state index contributed by atoms with van der Waals surface area (Å²) in [5, 5.41) is 11.6. The fourth-order valence-corrected chi connectivity index (χ4v) is 4.43. The first kappa shape index (κ1) is 26.6. The summed E-state index contributed by atoms with van der Waals surface area (Å²) < 4.78 is 15.8. The molecule has 0 bridgehead atoms. The molecule has 0 saturated carbocycles. The van der Waals surface area contributed by atoms with E-state index in [1.165, 1.54) is 31.3 Å². The van der Waals surface area contributed by atoms with Gasteiger partial charge < -0.3 is 24.2 Å². The minimum absolute atomic E-state index is 0.0181. The molecule has 8 heteroatoms. The van der Waals surface area contributed by atoms with Crippen LogP contribution in [-0.2, 0) is 19.7 Å². The first-order valence-corrected chi connectivity index (χ1v) is 11.7. The van der Waals surface area contributed by atoms with Gasteiger partial charge in [-0.3, -0.25) is 9.59 Å². The van der Waals surface area contributed by atoms with Crippen LogP contribution in [0.1, 0.15) is 49.9 Å². The quantitative estimate of drug-likeness (QED) is 0.234. The molecule has 0 spiro atoms. The zero-order valence-corrected chi connectivity index (χ0v) is 21.7. The molecular weight excluding hydrogens is 470 g/mol. The molecule has 0 radical (unpaired) electrons. The third-order valence-corrected chi connectivity index (χ3v) is 6.40. The lowest BCUT2D eigenvalue weighted by Crippen LogP contribution is -2.31. The van der Waals surface area contributed by atoms with Gasteiger partial charge >= 0.3 is 0 Å². The number of carbonyl (C=O) groups is 2. The van der Waals surface area contributed by atoms with Gasteiger partial charge in [-0.15, -0.1) is 0 Å². The minimum Gasteiger partial charge on any atom is -0.507 e. The Morgan fingerprint density at radius 3 is 2.20 bits per heavy atom. The van der Waals surface area contributed by atoms with Crippen molar-refractivity contribution in [1.82, 2.24) is 4.90 Å². The molecule has 2 aromatic carbocycles. The molecule has 1 aliphatic heterocycles. The van der Waals surface area contributed by atoms with Crippen LogP contribution >= 0.6 is 11.6 Å². The average Bonchev–Trinajstić information content (AvgIpc) is 3.08. The molecule has 3 rings (SSSR count). The van der Waals surface area contributed by atoms with Crippen LogP contribution in [0.5, 0.6) is 11.5 Å². The van der Waals surface area contributed by atoms with Gasteiger partial charge in [-0.05, 0) is 29.0 Å². The summed E-state index contributed by atoms with van der Waals surface area (Å²) in [5.74, 6) is -1.18. The zero-order valence-electron chi connectivity index (χ0n) is 21.0. The number of carbonyl (C=O) groups excluding carboxylic acids is 2. The van der Waals surface area contributed by atoms with Gasteiger partial charge in [0.05, 0.1) is 36.4 Å². The van der Waals surface area contributed by atoms with Gasteiger partial charge in [-0.25, -0.2) is 0 Å². The second kappa shape index (κ2) is 10.7. The highest BCUT2D eigenvalue weighted by Crippen LogP contribution is 2.43. The second-order valence-electron chi connectivity index (χ2n) is 9.40. The number of benzene rings is 2. The number of likely N-dealkylation sites (tertiary alicyclic amines) is 1. The summed E-state index contributed by atoms with van der Waals surface area (Å²) in [7, 11) is 4.48. The van der Waals surface area contributed by atoms with Crippen LogP contribution in [0.3, 0.4) is 0 Å². The van der Waals surface area contributed by atoms with E-state index in [9.17, 15) is 14.7 Å². The van der Waals surface area contributed by atoms with Crippen molar-refractivity contribution in [2.75, 3.05) is 34.5 Å². The molecule has 7 nitrogen and oxygen atoms in total. The summed E-state index contributed by atoms with van der Waals surface area (Å²) in [6.45, 7) is 7.05. The first-order valence-electron chi connectivity index (χ1n) is 11.3. The maximum Gasteiger partial charge on any atom is 0.295 e.